The van der Waals surface area contributed by atoms with Gasteiger partial charge < -0.3 is 4.74 Å². The third-order valence-corrected chi connectivity index (χ3v) is 0.538. The van der Waals surface area contributed by atoms with Crippen molar-refractivity contribution in [3.63, 3.8) is 0 Å². The number of rotatable bonds is 1. The number of ether oxygens (including phenoxy) is 1. The molecule has 0 N–H and O–H groups in total. The van der Waals surface area contributed by atoms with Gasteiger partial charge in [-0.3, -0.25) is 0 Å². The number of thiol groups is 1. The van der Waals surface area contributed by atoms with Gasteiger partial charge in [0.15, 0.2) is 0 Å². The molecule has 0 aliphatic carbocycles. The van der Waals surface area contributed by atoms with E-state index in [0.29, 0.717) is 4.38 Å². The Balaban J connectivity index is 0. The minimum Gasteiger partial charge on any atom is -0.476 e. The molecule has 0 aliphatic rings. The van der Waals surface area contributed by atoms with Gasteiger partial charge in [-0.1, -0.05) is 12.6 Å². The first-order valence-corrected chi connectivity index (χ1v) is 2.88. The molecule has 0 aromatic heterocycles. The van der Waals surface area contributed by atoms with Crippen LogP contribution in [0.4, 0.5) is 0 Å². The van der Waals surface area contributed by atoms with Gasteiger partial charge >= 0.3 is 51.4 Å². The predicted molar refractivity (Wildman–Crippen MR) is 37.8 cm³/mol. The largest absolute Gasteiger partial charge is 1.00 e. The molecule has 0 spiro atoms. The molecule has 0 fully saturated rings. The molecular weight excluding hydrogens is 167 g/mol. The molecule has 42 valence electrons. The summed E-state index contributed by atoms with van der Waals surface area (Å²) in [7, 11) is 0. The van der Waals surface area contributed by atoms with Crippen LogP contribution in [0, 0.1) is 0 Å². The predicted octanol–water partition coefficient (Wildman–Crippen LogP) is -1.37. The Bertz CT molecular complexity index is 74.4. The van der Waals surface area contributed by atoms with Gasteiger partial charge in [0.05, 0.1) is 6.10 Å². The molecule has 4 heteroatoms. The van der Waals surface area contributed by atoms with Gasteiger partial charge in [0, 0.05) is 0 Å². The summed E-state index contributed by atoms with van der Waals surface area (Å²) >= 11 is 8.26. The van der Waals surface area contributed by atoms with E-state index in [2.05, 4.69) is 24.8 Å². The molecule has 0 saturated carbocycles. The zero-order valence-electron chi connectivity index (χ0n) is 5.34. The Morgan fingerprint density at radius 3 is 2.00 bits per heavy atom. The fourth-order valence-electron chi connectivity index (χ4n) is 0.202. The van der Waals surface area contributed by atoms with E-state index in [1.54, 1.807) is 0 Å². The second-order valence-corrected chi connectivity index (χ2v) is 2.51. The molecule has 0 saturated heterocycles. The fraction of sp³-hybridized carbons (Fsp3) is 0.750. The van der Waals surface area contributed by atoms with Crippen molar-refractivity contribution >= 4 is 29.2 Å². The van der Waals surface area contributed by atoms with Gasteiger partial charge in [0.25, 0.3) is 0 Å². The van der Waals surface area contributed by atoms with Crippen molar-refractivity contribution in [2.75, 3.05) is 0 Å². The molecule has 0 aromatic carbocycles. The molecule has 0 radical (unpaired) electrons. The summed E-state index contributed by atoms with van der Waals surface area (Å²) in [5.41, 5.74) is 0. The first-order chi connectivity index (χ1) is 3.13. The normalized spacial score (nSPS) is 8.00. The number of hydrogen-bond acceptors (Lipinski definition) is 2. The van der Waals surface area contributed by atoms with Crippen molar-refractivity contribution in [1.82, 2.24) is 0 Å². The van der Waals surface area contributed by atoms with E-state index in [1.807, 2.05) is 13.8 Å². The molecule has 0 heterocycles. The summed E-state index contributed by atoms with van der Waals surface area (Å²) in [4.78, 5) is 0. The number of hydrogen-bond donors (Lipinski definition) is 1. The summed E-state index contributed by atoms with van der Waals surface area (Å²) < 4.78 is 5.16. The third kappa shape index (κ3) is 10.8. The van der Waals surface area contributed by atoms with E-state index in [0.717, 1.165) is 0 Å². The molecule has 0 bridgehead atoms. The zero-order valence-corrected chi connectivity index (χ0v) is 10.2. The minimum absolute atomic E-state index is 0. The monoisotopic (exact) mass is 175 g/mol. The van der Waals surface area contributed by atoms with Crippen molar-refractivity contribution < 1.29 is 56.1 Å². The topological polar surface area (TPSA) is 9.23 Å². The van der Waals surface area contributed by atoms with Crippen LogP contribution in [0.5, 0.6) is 0 Å². The fourth-order valence-corrected chi connectivity index (χ4v) is 0.605. The molecule has 8 heavy (non-hydrogen) atoms. The van der Waals surface area contributed by atoms with Crippen LogP contribution in [0.3, 0.4) is 0 Å². The zero-order chi connectivity index (χ0) is 5.86. The molecule has 1 nitrogen and oxygen atoms in total. The molecule has 0 atom stereocenters. The first-order valence-electron chi connectivity index (χ1n) is 2.02. The van der Waals surface area contributed by atoms with Gasteiger partial charge in [0.2, 0.25) is 4.38 Å². The average Bonchev–Trinajstić information content (AvgIpc) is 1.27. The standard InChI is InChI=1S/C4H8OS2.K/c1-3(2)5-4(6)7;/h3H,1-2H3,(H,6,7);/q;+1. The Morgan fingerprint density at radius 1 is 1.62 bits per heavy atom. The third-order valence-electron chi connectivity index (χ3n) is 0.337. The summed E-state index contributed by atoms with van der Waals surface area (Å²) in [6.07, 6.45) is 0.157. The van der Waals surface area contributed by atoms with Gasteiger partial charge in [-0.2, -0.15) is 0 Å². The van der Waals surface area contributed by atoms with E-state index in [-0.39, 0.29) is 57.5 Å². The molecule has 0 amide bonds. The molecule has 0 aliphatic heterocycles. The van der Waals surface area contributed by atoms with Crippen molar-refractivity contribution in [3.8, 4) is 0 Å². The first kappa shape index (κ1) is 12.5. The maximum Gasteiger partial charge on any atom is 1.00 e. The van der Waals surface area contributed by atoms with E-state index < -0.39 is 0 Å². The molecule has 0 unspecified atom stereocenters. The Hall–Kier alpha value is 1.88. The average molecular weight is 175 g/mol. The summed E-state index contributed by atoms with van der Waals surface area (Å²) in [6.45, 7) is 3.81. The maximum absolute atomic E-state index is 4.85. The Morgan fingerprint density at radius 2 is 2.00 bits per heavy atom. The van der Waals surface area contributed by atoms with Gasteiger partial charge in [-0.05, 0) is 26.1 Å². The van der Waals surface area contributed by atoms with Gasteiger partial charge in [-0.25, -0.2) is 0 Å². The molecule has 0 rings (SSSR count). The van der Waals surface area contributed by atoms with Crippen molar-refractivity contribution in [1.29, 1.82) is 0 Å². The van der Waals surface area contributed by atoms with Crippen LogP contribution in [0.25, 0.3) is 0 Å². The second kappa shape index (κ2) is 6.99. The number of thiocarbonyl (C=S) groups is 1. The van der Waals surface area contributed by atoms with Crippen molar-refractivity contribution in [2.24, 2.45) is 0 Å². The van der Waals surface area contributed by atoms with Crippen LogP contribution in [-0.4, -0.2) is 10.5 Å². The minimum atomic E-state index is 0. The smallest absolute Gasteiger partial charge is 0.476 e. The second-order valence-electron chi connectivity index (χ2n) is 1.43. The van der Waals surface area contributed by atoms with Crippen LogP contribution in [-0.2, 0) is 4.74 Å². The van der Waals surface area contributed by atoms with Crippen molar-refractivity contribution in [2.45, 2.75) is 20.0 Å². The summed E-state index contributed by atoms with van der Waals surface area (Å²) in [6, 6.07) is 0. The summed E-state index contributed by atoms with van der Waals surface area (Å²) in [5, 5.41) is 0. The Labute approximate surface area is 103 Å². The van der Waals surface area contributed by atoms with Crippen molar-refractivity contribution in [3.05, 3.63) is 0 Å². The van der Waals surface area contributed by atoms with E-state index in [4.69, 9.17) is 4.74 Å². The summed E-state index contributed by atoms with van der Waals surface area (Å²) in [5.74, 6) is 0. The quantitative estimate of drug-likeness (QED) is 0.299. The van der Waals surface area contributed by atoms with Gasteiger partial charge in [0.1, 0.15) is 0 Å². The SMILES string of the molecule is CC(C)OC(=S)S.[K+]. The molecule has 0 aromatic rings. The van der Waals surface area contributed by atoms with Crippen LogP contribution in [0.1, 0.15) is 13.8 Å². The van der Waals surface area contributed by atoms with Crippen LogP contribution in [0.2, 0.25) is 0 Å². The van der Waals surface area contributed by atoms with E-state index in [9.17, 15) is 0 Å². The van der Waals surface area contributed by atoms with Crippen LogP contribution in [0.15, 0.2) is 0 Å². The van der Waals surface area contributed by atoms with Crippen LogP contribution < -0.4 is 51.4 Å². The van der Waals surface area contributed by atoms with Gasteiger partial charge in [-0.15, -0.1) is 0 Å². The van der Waals surface area contributed by atoms with E-state index >= 15 is 0 Å². The molecular formula is C4H8KOS2+. The van der Waals surface area contributed by atoms with E-state index in [1.165, 1.54) is 0 Å². The van der Waals surface area contributed by atoms with Crippen LogP contribution >= 0.6 is 24.8 Å². The maximum atomic E-state index is 4.85. The Kier molecular flexibility index (Phi) is 11.0.